The van der Waals surface area contributed by atoms with Crippen molar-refractivity contribution >= 4 is 11.0 Å². The average Bonchev–Trinajstić information content (AvgIpc) is 3.42. The molecule has 6 rings (SSSR count). The molecular weight excluding hydrogens is 490 g/mol. The van der Waals surface area contributed by atoms with E-state index in [1.807, 2.05) is 54.6 Å². The van der Waals surface area contributed by atoms with E-state index in [-0.39, 0.29) is 5.75 Å². The minimum absolute atomic E-state index is 0.216. The summed E-state index contributed by atoms with van der Waals surface area (Å²) in [5.41, 5.74) is 11.1. The highest BCUT2D eigenvalue weighted by Crippen LogP contribution is 2.36. The number of imidazole rings is 1. The molecule has 0 radical (unpaired) electrons. The molecule has 0 aliphatic carbocycles. The fraction of sp³-hybridized carbons (Fsp3) is 0.167. The van der Waals surface area contributed by atoms with Crippen molar-refractivity contribution in [3.05, 3.63) is 114 Å². The molecular formula is C36H33N3O. The fourth-order valence-corrected chi connectivity index (χ4v) is 5.09. The van der Waals surface area contributed by atoms with Crippen LogP contribution in [0, 0.1) is 0 Å². The second-order valence-electron chi connectivity index (χ2n) is 11.0. The summed E-state index contributed by atoms with van der Waals surface area (Å²) in [4.78, 5) is 13.2. The van der Waals surface area contributed by atoms with Crippen LogP contribution >= 0.6 is 0 Å². The van der Waals surface area contributed by atoms with E-state index in [1.54, 1.807) is 6.07 Å². The van der Waals surface area contributed by atoms with Crippen LogP contribution < -0.4 is 0 Å². The smallest absolute Gasteiger partial charge is 0.138 e. The molecule has 2 N–H and O–H groups in total. The lowest BCUT2D eigenvalue weighted by atomic mass is 9.90. The van der Waals surface area contributed by atoms with E-state index in [2.05, 4.69) is 75.1 Å². The van der Waals surface area contributed by atoms with Crippen LogP contribution in [0.25, 0.3) is 56.1 Å². The van der Waals surface area contributed by atoms with Crippen LogP contribution in [-0.2, 0) is 0 Å². The van der Waals surface area contributed by atoms with Gasteiger partial charge in [-0.15, -0.1) is 0 Å². The van der Waals surface area contributed by atoms with Gasteiger partial charge in [-0.25, -0.2) is 9.97 Å². The number of aromatic nitrogens is 3. The lowest BCUT2D eigenvalue weighted by Crippen LogP contribution is -1.95. The van der Waals surface area contributed by atoms with Gasteiger partial charge in [0.05, 0.1) is 22.4 Å². The van der Waals surface area contributed by atoms with Gasteiger partial charge >= 0.3 is 0 Å². The average molecular weight is 524 g/mol. The number of nitrogens with zero attached hydrogens (tertiary/aromatic N) is 2. The van der Waals surface area contributed by atoms with Crippen molar-refractivity contribution in [2.75, 3.05) is 0 Å². The third kappa shape index (κ3) is 5.01. The third-order valence-corrected chi connectivity index (χ3v) is 7.49. The molecule has 0 aliphatic rings. The highest BCUT2D eigenvalue weighted by Gasteiger charge is 2.14. The Balaban J connectivity index is 1.38. The summed E-state index contributed by atoms with van der Waals surface area (Å²) < 4.78 is 0. The topological polar surface area (TPSA) is 61.8 Å². The Labute approximate surface area is 235 Å². The SMILES string of the molecule is CC(C)c1cc(-c2ccc(O)c(-c3cccc(-c4cccc(-c5nc6ccccc6[nH]5)c4)n3)c2)cc(C(C)C)c1. The molecule has 6 aromatic rings. The Morgan fingerprint density at radius 3 is 2.02 bits per heavy atom. The molecule has 198 valence electrons. The van der Waals surface area contributed by atoms with Crippen LogP contribution in [0.4, 0.5) is 0 Å². The molecule has 0 amide bonds. The third-order valence-electron chi connectivity index (χ3n) is 7.49. The number of pyridine rings is 1. The summed E-state index contributed by atoms with van der Waals surface area (Å²) in [6, 6.07) is 34.9. The summed E-state index contributed by atoms with van der Waals surface area (Å²) in [7, 11) is 0. The molecule has 0 unspecified atom stereocenters. The van der Waals surface area contributed by atoms with Gasteiger partial charge in [0.15, 0.2) is 0 Å². The van der Waals surface area contributed by atoms with Crippen molar-refractivity contribution in [2.45, 2.75) is 39.5 Å². The molecule has 4 heteroatoms. The van der Waals surface area contributed by atoms with Crippen molar-refractivity contribution in [2.24, 2.45) is 0 Å². The minimum atomic E-state index is 0.216. The van der Waals surface area contributed by atoms with E-state index in [4.69, 9.17) is 9.97 Å². The summed E-state index contributed by atoms with van der Waals surface area (Å²) >= 11 is 0. The Morgan fingerprint density at radius 2 is 1.27 bits per heavy atom. The maximum Gasteiger partial charge on any atom is 0.138 e. The van der Waals surface area contributed by atoms with Crippen LogP contribution in [0.5, 0.6) is 5.75 Å². The number of aromatic amines is 1. The summed E-state index contributed by atoms with van der Waals surface area (Å²) in [5.74, 6) is 1.91. The summed E-state index contributed by atoms with van der Waals surface area (Å²) in [6.07, 6.45) is 0. The number of rotatable bonds is 6. The van der Waals surface area contributed by atoms with Gasteiger partial charge in [-0.05, 0) is 76.6 Å². The van der Waals surface area contributed by atoms with Crippen LogP contribution in [0.1, 0.15) is 50.7 Å². The fourth-order valence-electron chi connectivity index (χ4n) is 5.09. The van der Waals surface area contributed by atoms with Crippen LogP contribution in [0.15, 0.2) is 103 Å². The maximum atomic E-state index is 10.9. The van der Waals surface area contributed by atoms with Crippen molar-refractivity contribution in [3.63, 3.8) is 0 Å². The second-order valence-corrected chi connectivity index (χ2v) is 11.0. The van der Waals surface area contributed by atoms with Gasteiger partial charge in [0, 0.05) is 16.7 Å². The minimum Gasteiger partial charge on any atom is -0.507 e. The monoisotopic (exact) mass is 523 g/mol. The van der Waals surface area contributed by atoms with E-state index in [0.29, 0.717) is 17.4 Å². The van der Waals surface area contributed by atoms with E-state index in [1.165, 1.54) is 11.1 Å². The Kier molecular flexibility index (Phi) is 6.69. The van der Waals surface area contributed by atoms with Crippen LogP contribution in [0.3, 0.4) is 0 Å². The quantitative estimate of drug-likeness (QED) is 0.228. The number of fused-ring (bicyclic) bond motifs is 1. The molecule has 0 aliphatic heterocycles. The Bertz CT molecular complexity index is 1770. The first kappa shape index (κ1) is 25.6. The first-order valence-corrected chi connectivity index (χ1v) is 13.9. The lowest BCUT2D eigenvalue weighted by Gasteiger charge is -2.15. The van der Waals surface area contributed by atoms with Crippen molar-refractivity contribution in [1.29, 1.82) is 0 Å². The normalized spacial score (nSPS) is 11.6. The van der Waals surface area contributed by atoms with Crippen LogP contribution in [0.2, 0.25) is 0 Å². The molecule has 0 saturated carbocycles. The molecule has 0 saturated heterocycles. The van der Waals surface area contributed by atoms with Crippen LogP contribution in [-0.4, -0.2) is 20.1 Å². The second kappa shape index (κ2) is 10.5. The van der Waals surface area contributed by atoms with Gasteiger partial charge in [0.25, 0.3) is 0 Å². The van der Waals surface area contributed by atoms with Gasteiger partial charge in [-0.2, -0.15) is 0 Å². The zero-order valence-corrected chi connectivity index (χ0v) is 23.3. The van der Waals surface area contributed by atoms with Gasteiger partial charge in [0.1, 0.15) is 11.6 Å². The molecule has 2 aromatic heterocycles. The van der Waals surface area contributed by atoms with E-state index in [0.717, 1.165) is 50.5 Å². The molecule has 4 aromatic carbocycles. The first-order valence-electron chi connectivity index (χ1n) is 13.9. The number of hydrogen-bond donors (Lipinski definition) is 2. The summed E-state index contributed by atoms with van der Waals surface area (Å²) in [5, 5.41) is 10.9. The number of phenolic OH excluding ortho intramolecular Hbond substituents is 1. The molecule has 4 nitrogen and oxygen atoms in total. The van der Waals surface area contributed by atoms with E-state index >= 15 is 0 Å². The zero-order chi connectivity index (χ0) is 27.8. The van der Waals surface area contributed by atoms with Gasteiger partial charge in [-0.3, -0.25) is 0 Å². The number of benzene rings is 4. The number of aromatic hydroxyl groups is 1. The number of para-hydroxylation sites is 2. The molecule has 2 heterocycles. The molecule has 0 spiro atoms. The number of hydrogen-bond acceptors (Lipinski definition) is 3. The number of nitrogens with one attached hydrogen (secondary N) is 1. The predicted molar refractivity (Wildman–Crippen MR) is 165 cm³/mol. The molecule has 40 heavy (non-hydrogen) atoms. The van der Waals surface area contributed by atoms with Crippen molar-refractivity contribution in [1.82, 2.24) is 15.0 Å². The molecule has 0 fully saturated rings. The lowest BCUT2D eigenvalue weighted by molar-refractivity contribution is 0.477. The number of phenols is 1. The van der Waals surface area contributed by atoms with Gasteiger partial charge in [0.2, 0.25) is 0 Å². The highest BCUT2D eigenvalue weighted by atomic mass is 16.3. The number of H-pyrrole nitrogens is 1. The van der Waals surface area contributed by atoms with Gasteiger partial charge < -0.3 is 10.1 Å². The van der Waals surface area contributed by atoms with E-state index in [9.17, 15) is 5.11 Å². The van der Waals surface area contributed by atoms with Crippen molar-refractivity contribution in [3.8, 4) is 50.8 Å². The highest BCUT2D eigenvalue weighted by molar-refractivity contribution is 5.81. The first-order chi connectivity index (χ1) is 19.4. The Hall–Kier alpha value is -4.70. The summed E-state index contributed by atoms with van der Waals surface area (Å²) in [6.45, 7) is 8.91. The predicted octanol–water partition coefficient (Wildman–Crippen LogP) is 9.58. The zero-order valence-electron chi connectivity index (χ0n) is 23.3. The van der Waals surface area contributed by atoms with Gasteiger partial charge in [-0.1, -0.05) is 88.4 Å². The van der Waals surface area contributed by atoms with E-state index < -0.39 is 0 Å². The standard InChI is InChI=1S/C36H33N3O/c1-22(2)27-18-28(23(3)4)20-29(19-27)24-15-16-35(40)30(21-24)32-14-8-13-31(37-32)25-9-7-10-26(17-25)36-38-33-11-5-6-12-34(33)39-36/h5-23,40H,1-4H3,(H,38,39). The molecule has 0 bridgehead atoms. The van der Waals surface area contributed by atoms with Crippen molar-refractivity contribution < 1.29 is 5.11 Å². The maximum absolute atomic E-state index is 10.9. The molecule has 0 atom stereocenters. The Morgan fingerprint density at radius 1 is 0.575 bits per heavy atom. The largest absolute Gasteiger partial charge is 0.507 e.